The van der Waals surface area contributed by atoms with Crippen LogP contribution in [0.15, 0.2) is 60.7 Å². The van der Waals surface area contributed by atoms with E-state index in [-0.39, 0.29) is 80.3 Å². The SMILES string of the molecule is CCCCC.O=Cc1ccccc1.O=Cc1ccccc1.[CH3-].[CH3-].[Y].[Y]. The molecule has 2 nitrogen and oxygen atoms in total. The van der Waals surface area contributed by atoms with Gasteiger partial charge in [0, 0.05) is 76.5 Å². The second kappa shape index (κ2) is 28.8. The van der Waals surface area contributed by atoms with Crippen molar-refractivity contribution in [2.24, 2.45) is 0 Å². The molecule has 0 aliphatic rings. The summed E-state index contributed by atoms with van der Waals surface area (Å²) in [6, 6.07) is 18.2. The van der Waals surface area contributed by atoms with E-state index in [1.165, 1.54) is 19.3 Å². The van der Waals surface area contributed by atoms with Gasteiger partial charge in [-0.05, 0) is 0 Å². The summed E-state index contributed by atoms with van der Waals surface area (Å²) in [6.07, 6.45) is 5.74. The molecule has 25 heavy (non-hydrogen) atoms. The summed E-state index contributed by atoms with van der Waals surface area (Å²) < 4.78 is 0. The van der Waals surface area contributed by atoms with Crippen LogP contribution in [0.25, 0.3) is 0 Å². The van der Waals surface area contributed by atoms with Crippen LogP contribution in [0.4, 0.5) is 0 Å². The van der Waals surface area contributed by atoms with Crippen LogP contribution in [0.1, 0.15) is 53.8 Å². The van der Waals surface area contributed by atoms with Gasteiger partial charge in [0.1, 0.15) is 12.6 Å². The normalized spacial score (nSPS) is 7.12. The Morgan fingerprint density at radius 3 is 1.04 bits per heavy atom. The Bertz CT molecular complexity index is 428. The van der Waals surface area contributed by atoms with E-state index in [1.54, 1.807) is 24.3 Å². The largest absolute Gasteiger partial charge is 0.358 e. The molecule has 134 valence electrons. The molecule has 0 aromatic heterocycles. The van der Waals surface area contributed by atoms with Crippen molar-refractivity contribution in [3.8, 4) is 0 Å². The molecule has 0 atom stereocenters. The van der Waals surface area contributed by atoms with E-state index < -0.39 is 0 Å². The predicted molar refractivity (Wildman–Crippen MR) is 102 cm³/mol. The minimum absolute atomic E-state index is 0. The molecule has 0 N–H and O–H groups in total. The molecule has 0 heterocycles. The van der Waals surface area contributed by atoms with Crippen LogP contribution >= 0.6 is 0 Å². The van der Waals surface area contributed by atoms with E-state index in [9.17, 15) is 9.59 Å². The zero-order valence-corrected chi connectivity index (χ0v) is 21.7. The third-order valence-electron chi connectivity index (χ3n) is 2.58. The van der Waals surface area contributed by atoms with E-state index in [1.807, 2.05) is 36.4 Å². The molecule has 0 unspecified atom stereocenters. The van der Waals surface area contributed by atoms with Gasteiger partial charge in [-0.3, -0.25) is 9.59 Å². The fourth-order valence-electron chi connectivity index (χ4n) is 1.42. The Morgan fingerprint density at radius 1 is 0.640 bits per heavy atom. The predicted octanol–water partition coefficient (Wildman–Crippen LogP) is 6.09. The zero-order chi connectivity index (χ0) is 15.8. The number of hydrogen-bond acceptors (Lipinski definition) is 2. The van der Waals surface area contributed by atoms with Crippen LogP contribution < -0.4 is 0 Å². The van der Waals surface area contributed by atoms with Gasteiger partial charge < -0.3 is 14.9 Å². The topological polar surface area (TPSA) is 34.1 Å². The van der Waals surface area contributed by atoms with Crippen molar-refractivity contribution < 1.29 is 75.0 Å². The van der Waals surface area contributed by atoms with Gasteiger partial charge in [0.05, 0.1) is 0 Å². The average molecular weight is 492 g/mol. The molecule has 4 heteroatoms. The van der Waals surface area contributed by atoms with Crippen LogP contribution in [-0.2, 0) is 65.4 Å². The third-order valence-corrected chi connectivity index (χ3v) is 2.58. The van der Waals surface area contributed by atoms with Crippen molar-refractivity contribution in [1.29, 1.82) is 0 Å². The quantitative estimate of drug-likeness (QED) is 0.383. The Labute approximate surface area is 205 Å². The smallest absolute Gasteiger partial charge is 0.150 e. The molecule has 0 amide bonds. The van der Waals surface area contributed by atoms with Crippen molar-refractivity contribution in [2.75, 3.05) is 0 Å². The van der Waals surface area contributed by atoms with Crippen LogP contribution in [0.5, 0.6) is 0 Å². The first kappa shape index (κ1) is 36.0. The van der Waals surface area contributed by atoms with Crippen LogP contribution in [0, 0.1) is 14.9 Å². The number of carbonyl (C=O) groups is 2. The van der Waals surface area contributed by atoms with Crippen molar-refractivity contribution in [3.63, 3.8) is 0 Å². The molecule has 0 spiro atoms. The van der Waals surface area contributed by atoms with Gasteiger partial charge >= 0.3 is 0 Å². The van der Waals surface area contributed by atoms with Crippen LogP contribution in [0.2, 0.25) is 0 Å². The minimum Gasteiger partial charge on any atom is -0.358 e. The molecule has 0 saturated carbocycles. The molecule has 2 rings (SSSR count). The van der Waals surface area contributed by atoms with E-state index in [2.05, 4.69) is 13.8 Å². The summed E-state index contributed by atoms with van der Waals surface area (Å²) in [5, 5.41) is 0. The molecule has 0 saturated heterocycles. The maximum absolute atomic E-state index is 10.0. The molecular weight excluding hydrogens is 462 g/mol. The van der Waals surface area contributed by atoms with E-state index in [0.29, 0.717) is 0 Å². The van der Waals surface area contributed by atoms with E-state index in [4.69, 9.17) is 0 Å². The Hall–Kier alpha value is -0.0122. The number of carbonyl (C=O) groups excluding carboxylic acids is 2. The summed E-state index contributed by atoms with van der Waals surface area (Å²) in [7, 11) is 0. The Balaban J connectivity index is -0.0000000761. The van der Waals surface area contributed by atoms with Crippen LogP contribution in [-0.4, -0.2) is 12.6 Å². The molecule has 0 fully saturated rings. The fourth-order valence-corrected chi connectivity index (χ4v) is 1.42. The van der Waals surface area contributed by atoms with Gasteiger partial charge in [0.25, 0.3) is 0 Å². The maximum Gasteiger partial charge on any atom is 0.150 e. The van der Waals surface area contributed by atoms with Crippen molar-refractivity contribution in [1.82, 2.24) is 0 Å². The summed E-state index contributed by atoms with van der Waals surface area (Å²) in [6.45, 7) is 4.42. The van der Waals surface area contributed by atoms with Gasteiger partial charge in [-0.2, -0.15) is 0 Å². The second-order valence-electron chi connectivity index (χ2n) is 4.41. The number of unbranched alkanes of at least 4 members (excludes halogenated alkanes) is 2. The van der Waals surface area contributed by atoms with Gasteiger partial charge in [0.2, 0.25) is 0 Å². The number of benzene rings is 2. The average Bonchev–Trinajstić information content (AvgIpc) is 2.58. The molecule has 2 aromatic rings. The zero-order valence-electron chi connectivity index (χ0n) is 16.0. The fraction of sp³-hybridized carbons (Fsp3) is 0.238. The Kier molecular flexibility index (Phi) is 41.4. The molecule has 0 bridgehead atoms. The second-order valence-corrected chi connectivity index (χ2v) is 4.41. The summed E-state index contributed by atoms with van der Waals surface area (Å²) in [5.41, 5.74) is 1.46. The van der Waals surface area contributed by atoms with Crippen LogP contribution in [0.3, 0.4) is 0 Å². The first-order valence-electron chi connectivity index (χ1n) is 7.28. The summed E-state index contributed by atoms with van der Waals surface area (Å²) >= 11 is 0. The van der Waals surface area contributed by atoms with Gasteiger partial charge in [0.15, 0.2) is 0 Å². The molecule has 0 aliphatic carbocycles. The molecular formula is C21H30O2Y2-2. The maximum atomic E-state index is 10.0. The number of hydrogen-bond donors (Lipinski definition) is 0. The molecule has 2 radical (unpaired) electrons. The van der Waals surface area contributed by atoms with Crippen molar-refractivity contribution in [2.45, 2.75) is 33.1 Å². The molecule has 0 aliphatic heterocycles. The first-order chi connectivity index (χ1) is 10.3. The third kappa shape index (κ3) is 24.0. The van der Waals surface area contributed by atoms with Gasteiger partial charge in [-0.15, -0.1) is 0 Å². The van der Waals surface area contributed by atoms with Crippen molar-refractivity contribution in [3.05, 3.63) is 86.6 Å². The minimum atomic E-state index is 0. The standard InChI is InChI=1S/2C7H6O.C5H12.2CH3.2Y/c2*8-6-7-4-2-1-3-5-7;1-3-5-4-2;;;;/h2*1-6H;3-5H2,1-2H3;2*1H3;;/q;;;2*-1;;. The van der Waals surface area contributed by atoms with E-state index in [0.717, 1.165) is 23.7 Å². The van der Waals surface area contributed by atoms with Gasteiger partial charge in [-0.25, -0.2) is 0 Å². The summed E-state index contributed by atoms with van der Waals surface area (Å²) in [4.78, 5) is 20.0. The molecule has 2 aromatic carbocycles. The Morgan fingerprint density at radius 2 is 0.920 bits per heavy atom. The summed E-state index contributed by atoms with van der Waals surface area (Å²) in [5.74, 6) is 0. The number of rotatable bonds is 4. The first-order valence-corrected chi connectivity index (χ1v) is 7.28. The number of aldehydes is 2. The van der Waals surface area contributed by atoms with E-state index >= 15 is 0 Å². The van der Waals surface area contributed by atoms with Gasteiger partial charge in [-0.1, -0.05) is 93.8 Å². The monoisotopic (exact) mass is 492 g/mol. The van der Waals surface area contributed by atoms with Crippen molar-refractivity contribution >= 4 is 12.6 Å².